The third-order valence-corrected chi connectivity index (χ3v) is 6.04. The van der Waals surface area contributed by atoms with E-state index in [2.05, 4.69) is 10.2 Å². The summed E-state index contributed by atoms with van der Waals surface area (Å²) in [5.41, 5.74) is 4.02. The molecule has 0 radical (unpaired) electrons. The molecule has 172 valence electrons. The molecule has 0 aliphatic carbocycles. The zero-order valence-electron chi connectivity index (χ0n) is 18.9. The van der Waals surface area contributed by atoms with Gasteiger partial charge < -0.3 is 9.80 Å². The Morgan fingerprint density at radius 1 is 1.12 bits per heavy atom. The number of aromatic nitrogens is 2. The molecule has 1 saturated heterocycles. The second kappa shape index (κ2) is 10.4. The van der Waals surface area contributed by atoms with Crippen LogP contribution in [0.1, 0.15) is 48.2 Å². The summed E-state index contributed by atoms with van der Waals surface area (Å²) in [6.45, 7) is 1.43. The van der Waals surface area contributed by atoms with Crippen molar-refractivity contribution in [3.05, 3.63) is 71.7 Å². The zero-order valence-corrected chi connectivity index (χ0v) is 18.9. The van der Waals surface area contributed by atoms with E-state index in [1.807, 2.05) is 31.3 Å². The van der Waals surface area contributed by atoms with Gasteiger partial charge in [-0.2, -0.15) is 5.10 Å². The van der Waals surface area contributed by atoms with Crippen molar-refractivity contribution in [2.75, 3.05) is 25.0 Å². The van der Waals surface area contributed by atoms with Crippen LogP contribution in [0.4, 0.5) is 10.1 Å². The van der Waals surface area contributed by atoms with E-state index < -0.39 is 0 Å². The number of nitrogens with one attached hydrogen (secondary N) is 1. The van der Waals surface area contributed by atoms with Gasteiger partial charge in [0.1, 0.15) is 5.82 Å². The zero-order chi connectivity index (χ0) is 23.2. The Labute approximate surface area is 193 Å². The average molecular weight is 449 g/mol. The highest BCUT2D eigenvalue weighted by Gasteiger charge is 2.22. The summed E-state index contributed by atoms with van der Waals surface area (Å²) in [5, 5.41) is 7.31. The Morgan fingerprint density at radius 2 is 1.94 bits per heavy atom. The maximum Gasteiger partial charge on any atom is 0.253 e. The van der Waals surface area contributed by atoms with Gasteiger partial charge in [-0.25, -0.2) is 4.39 Å². The Morgan fingerprint density at radius 3 is 2.67 bits per heavy atom. The number of benzene rings is 2. The molecule has 0 saturated carbocycles. The van der Waals surface area contributed by atoms with Crippen LogP contribution < -0.4 is 4.90 Å². The van der Waals surface area contributed by atoms with Gasteiger partial charge in [-0.05, 0) is 68.1 Å². The minimum Gasteiger partial charge on any atom is -0.342 e. The van der Waals surface area contributed by atoms with E-state index in [-0.39, 0.29) is 17.6 Å². The lowest BCUT2D eigenvalue weighted by Crippen LogP contribution is -2.28. The maximum atomic E-state index is 13.4. The van der Waals surface area contributed by atoms with Crippen molar-refractivity contribution in [2.24, 2.45) is 0 Å². The molecule has 2 amide bonds. The Balaban J connectivity index is 1.19. The minimum absolute atomic E-state index is 0.0115. The largest absolute Gasteiger partial charge is 0.342 e. The fourth-order valence-corrected chi connectivity index (χ4v) is 4.15. The highest BCUT2D eigenvalue weighted by Crippen LogP contribution is 2.22. The summed E-state index contributed by atoms with van der Waals surface area (Å²) < 4.78 is 13.4. The fourth-order valence-electron chi connectivity index (χ4n) is 4.15. The molecular formula is C26H29FN4O2. The second-order valence-electron chi connectivity index (χ2n) is 8.52. The summed E-state index contributed by atoms with van der Waals surface area (Å²) in [4.78, 5) is 28.1. The van der Waals surface area contributed by atoms with E-state index in [0.717, 1.165) is 61.3 Å². The first-order valence-electron chi connectivity index (χ1n) is 11.5. The van der Waals surface area contributed by atoms with Crippen molar-refractivity contribution in [1.29, 1.82) is 0 Å². The molecule has 0 unspecified atom stereocenters. The van der Waals surface area contributed by atoms with E-state index in [9.17, 15) is 14.0 Å². The summed E-state index contributed by atoms with van der Waals surface area (Å²) in [6, 6.07) is 15.7. The van der Waals surface area contributed by atoms with E-state index in [1.54, 1.807) is 28.0 Å². The number of anilines is 1. The predicted molar refractivity (Wildman–Crippen MR) is 127 cm³/mol. The van der Waals surface area contributed by atoms with Gasteiger partial charge in [-0.1, -0.05) is 18.6 Å². The van der Waals surface area contributed by atoms with Crippen LogP contribution in [0.25, 0.3) is 11.3 Å². The highest BCUT2D eigenvalue weighted by atomic mass is 19.1. The number of nitrogens with zero attached hydrogens (tertiary/aromatic N) is 3. The van der Waals surface area contributed by atoms with Crippen LogP contribution in [-0.4, -0.2) is 47.0 Å². The predicted octanol–water partition coefficient (Wildman–Crippen LogP) is 4.83. The van der Waals surface area contributed by atoms with Gasteiger partial charge in [0.15, 0.2) is 0 Å². The molecule has 2 heterocycles. The van der Waals surface area contributed by atoms with E-state index >= 15 is 0 Å². The van der Waals surface area contributed by atoms with Crippen LogP contribution in [0.15, 0.2) is 54.6 Å². The topological polar surface area (TPSA) is 69.3 Å². The highest BCUT2D eigenvalue weighted by molar-refractivity contribution is 5.97. The van der Waals surface area contributed by atoms with Gasteiger partial charge in [0.25, 0.3) is 5.91 Å². The number of halogens is 1. The first-order valence-corrected chi connectivity index (χ1v) is 11.5. The lowest BCUT2D eigenvalue weighted by molar-refractivity contribution is -0.117. The lowest BCUT2D eigenvalue weighted by atomic mass is 10.1. The molecule has 1 aliphatic rings. The molecule has 7 heteroatoms. The number of carbonyl (C=O) groups is 2. The lowest BCUT2D eigenvalue weighted by Gasteiger charge is -2.19. The summed E-state index contributed by atoms with van der Waals surface area (Å²) >= 11 is 0. The standard InChI is InChI=1S/C26H29FN4O2/c1-30(26(33)19-11-13-23(14-12-19)31-16-6-10-25(31)32)15-4-2-3-9-22-18-24(29-28-22)20-7-5-8-21(27)17-20/h5,7-8,11-14,17-18H,2-4,6,9-10,15-16H2,1H3,(H,28,29). The quantitative estimate of drug-likeness (QED) is 0.477. The van der Waals surface area contributed by atoms with E-state index in [1.165, 1.54) is 12.1 Å². The van der Waals surface area contributed by atoms with Crippen molar-refractivity contribution in [3.8, 4) is 11.3 Å². The average Bonchev–Trinajstić information content (AvgIpc) is 3.47. The van der Waals surface area contributed by atoms with Gasteiger partial charge >= 0.3 is 0 Å². The molecule has 4 rings (SSSR count). The van der Waals surface area contributed by atoms with Crippen LogP contribution in [0.3, 0.4) is 0 Å². The van der Waals surface area contributed by atoms with Gasteiger partial charge in [0.2, 0.25) is 5.91 Å². The van der Waals surface area contributed by atoms with Gasteiger partial charge in [0, 0.05) is 49.1 Å². The summed E-state index contributed by atoms with van der Waals surface area (Å²) in [7, 11) is 1.82. The molecule has 1 aromatic heterocycles. The SMILES string of the molecule is CN(CCCCCc1cc(-c2cccc(F)c2)n[nH]1)C(=O)c1ccc(N2CCCC2=O)cc1. The van der Waals surface area contributed by atoms with Gasteiger partial charge in [-0.15, -0.1) is 0 Å². The monoisotopic (exact) mass is 448 g/mol. The Hall–Kier alpha value is -3.48. The smallest absolute Gasteiger partial charge is 0.253 e. The molecule has 33 heavy (non-hydrogen) atoms. The first-order chi connectivity index (χ1) is 16.0. The number of unbranched alkanes of at least 4 members (excludes halogenated alkanes) is 2. The molecule has 1 N–H and O–H groups in total. The minimum atomic E-state index is -0.270. The normalized spacial score (nSPS) is 13.5. The molecule has 0 bridgehead atoms. The summed E-state index contributed by atoms with van der Waals surface area (Å²) in [5.74, 6) is -0.137. The Bertz CT molecular complexity index is 1110. The maximum absolute atomic E-state index is 13.4. The van der Waals surface area contributed by atoms with Crippen LogP contribution in [0.5, 0.6) is 0 Å². The van der Waals surface area contributed by atoms with Crippen LogP contribution in [0, 0.1) is 5.82 Å². The third-order valence-electron chi connectivity index (χ3n) is 6.04. The molecule has 1 fully saturated rings. The number of amides is 2. The number of carbonyl (C=O) groups excluding carboxylic acids is 2. The molecule has 0 atom stereocenters. The number of rotatable bonds is 9. The summed E-state index contributed by atoms with van der Waals surface area (Å²) in [6.07, 6.45) is 5.21. The van der Waals surface area contributed by atoms with Gasteiger partial charge in [0.05, 0.1) is 5.69 Å². The van der Waals surface area contributed by atoms with Crippen LogP contribution >= 0.6 is 0 Å². The Kier molecular flexibility index (Phi) is 7.17. The van der Waals surface area contributed by atoms with Crippen molar-refractivity contribution >= 4 is 17.5 Å². The van der Waals surface area contributed by atoms with Crippen LogP contribution in [0.2, 0.25) is 0 Å². The van der Waals surface area contributed by atoms with Crippen molar-refractivity contribution < 1.29 is 14.0 Å². The number of aryl methyl sites for hydroxylation is 1. The number of hydrogen-bond donors (Lipinski definition) is 1. The van der Waals surface area contributed by atoms with Crippen LogP contribution in [-0.2, 0) is 11.2 Å². The van der Waals surface area contributed by atoms with E-state index in [4.69, 9.17) is 0 Å². The molecule has 1 aliphatic heterocycles. The molecule has 2 aromatic carbocycles. The van der Waals surface area contributed by atoms with Crippen molar-refractivity contribution in [2.45, 2.75) is 38.5 Å². The number of H-pyrrole nitrogens is 1. The molecule has 3 aromatic rings. The number of hydrogen-bond acceptors (Lipinski definition) is 3. The first kappa shape index (κ1) is 22.7. The molecular weight excluding hydrogens is 419 g/mol. The van der Waals surface area contributed by atoms with Crippen molar-refractivity contribution in [1.82, 2.24) is 15.1 Å². The molecule has 6 nitrogen and oxygen atoms in total. The van der Waals surface area contributed by atoms with Crippen molar-refractivity contribution in [3.63, 3.8) is 0 Å². The molecule has 0 spiro atoms. The fraction of sp³-hybridized carbons (Fsp3) is 0.346. The third kappa shape index (κ3) is 5.66. The second-order valence-corrected chi connectivity index (χ2v) is 8.52. The van der Waals surface area contributed by atoms with Gasteiger partial charge in [-0.3, -0.25) is 14.7 Å². The van der Waals surface area contributed by atoms with E-state index in [0.29, 0.717) is 18.5 Å². The number of aromatic amines is 1.